The number of hydrogen-bond donors (Lipinski definition) is 1. The Balaban J connectivity index is 2.58. The van der Waals surface area contributed by atoms with Crippen LogP contribution in [0.3, 0.4) is 0 Å². The number of allylic oxidation sites excluding steroid dienone is 2. The molecule has 0 spiro atoms. The van der Waals surface area contributed by atoms with Crippen molar-refractivity contribution < 1.29 is 0 Å². The monoisotopic (exact) mass is 415 g/mol. The lowest BCUT2D eigenvalue weighted by molar-refractivity contribution is 0.837. The minimum absolute atomic E-state index is 0.387. The number of aryl methyl sites for hydroxylation is 2. The standard InChI is InChI=1S/C28H37N3/c1-9-22-13-11-14-23(10-2)27(22)30-20(7)26(17-29)21(8)31-28-24(18(3)4)15-12-16-25(28)19(5)6/h11-16,18-19,31H,9-10H2,1-8H3/b26-21-,30-20?. The highest BCUT2D eigenvalue weighted by molar-refractivity contribution is 6.04. The molecule has 2 rings (SSSR count). The van der Waals surface area contributed by atoms with Crippen molar-refractivity contribution in [3.8, 4) is 6.07 Å². The van der Waals surface area contributed by atoms with E-state index in [4.69, 9.17) is 4.99 Å². The van der Waals surface area contributed by atoms with Crippen molar-refractivity contribution in [2.24, 2.45) is 4.99 Å². The highest BCUT2D eigenvalue weighted by atomic mass is 14.9. The quantitative estimate of drug-likeness (QED) is 0.350. The maximum Gasteiger partial charge on any atom is 0.103 e. The number of benzene rings is 2. The molecule has 0 aromatic heterocycles. The number of anilines is 1. The van der Waals surface area contributed by atoms with Gasteiger partial charge in [-0.3, -0.25) is 4.99 Å². The van der Waals surface area contributed by atoms with E-state index in [0.717, 1.165) is 35.6 Å². The zero-order valence-corrected chi connectivity index (χ0v) is 20.4. The van der Waals surface area contributed by atoms with Crippen molar-refractivity contribution in [2.75, 3.05) is 5.32 Å². The molecule has 0 aliphatic rings. The molecule has 0 amide bonds. The summed E-state index contributed by atoms with van der Waals surface area (Å²) in [5.74, 6) is 0.774. The maximum absolute atomic E-state index is 10.0. The van der Waals surface area contributed by atoms with Gasteiger partial charge < -0.3 is 5.32 Å². The minimum atomic E-state index is 0.387. The van der Waals surface area contributed by atoms with E-state index in [1.165, 1.54) is 22.3 Å². The summed E-state index contributed by atoms with van der Waals surface area (Å²) in [6.45, 7) is 17.0. The third kappa shape index (κ3) is 5.64. The van der Waals surface area contributed by atoms with Gasteiger partial charge in [-0.15, -0.1) is 0 Å². The number of rotatable bonds is 8. The lowest BCUT2D eigenvalue weighted by atomic mass is 9.92. The van der Waals surface area contributed by atoms with Crippen LogP contribution in [0.1, 0.15) is 89.5 Å². The molecule has 164 valence electrons. The molecule has 0 bridgehead atoms. The fourth-order valence-electron chi connectivity index (χ4n) is 3.96. The Labute approximate surface area is 188 Å². The van der Waals surface area contributed by atoms with Gasteiger partial charge in [-0.05, 0) is 60.8 Å². The van der Waals surface area contributed by atoms with Crippen LogP contribution in [-0.2, 0) is 12.8 Å². The third-order valence-corrected chi connectivity index (χ3v) is 5.78. The fourth-order valence-corrected chi connectivity index (χ4v) is 3.96. The van der Waals surface area contributed by atoms with Crippen molar-refractivity contribution in [2.45, 2.75) is 80.1 Å². The second kappa shape index (κ2) is 11.0. The van der Waals surface area contributed by atoms with E-state index < -0.39 is 0 Å². The van der Waals surface area contributed by atoms with Gasteiger partial charge in [0.05, 0.1) is 17.0 Å². The molecule has 2 aromatic rings. The summed E-state index contributed by atoms with van der Waals surface area (Å²) in [7, 11) is 0. The van der Waals surface area contributed by atoms with Crippen LogP contribution < -0.4 is 5.32 Å². The summed E-state index contributed by atoms with van der Waals surface area (Å²) in [5, 5.41) is 13.6. The Bertz CT molecular complexity index is 969. The van der Waals surface area contributed by atoms with Gasteiger partial charge >= 0.3 is 0 Å². The van der Waals surface area contributed by atoms with Crippen LogP contribution in [0, 0.1) is 11.3 Å². The minimum Gasteiger partial charge on any atom is -0.358 e. The molecule has 1 N–H and O–H groups in total. The largest absolute Gasteiger partial charge is 0.358 e. The Morgan fingerprint density at radius 1 is 0.903 bits per heavy atom. The van der Waals surface area contributed by atoms with Gasteiger partial charge in [0, 0.05) is 11.4 Å². The van der Waals surface area contributed by atoms with Gasteiger partial charge in [-0.25, -0.2) is 0 Å². The first-order valence-corrected chi connectivity index (χ1v) is 11.4. The first kappa shape index (κ1) is 24.4. The predicted molar refractivity (Wildman–Crippen MR) is 135 cm³/mol. The zero-order chi connectivity index (χ0) is 23.1. The summed E-state index contributed by atoms with van der Waals surface area (Å²) >= 11 is 0. The topological polar surface area (TPSA) is 48.2 Å². The number of nitrogens with zero attached hydrogens (tertiary/aromatic N) is 2. The number of para-hydroxylation sites is 2. The first-order chi connectivity index (χ1) is 14.7. The SMILES string of the molecule is CCc1cccc(CC)c1N=C(C)/C(C#N)=C(/C)Nc1c(C(C)C)cccc1C(C)C. The zero-order valence-electron chi connectivity index (χ0n) is 20.4. The summed E-state index contributed by atoms with van der Waals surface area (Å²) < 4.78 is 0. The molecule has 0 heterocycles. The lowest BCUT2D eigenvalue weighted by Gasteiger charge is -2.22. The Hall–Kier alpha value is -2.86. The number of nitriles is 1. The van der Waals surface area contributed by atoms with Gasteiger partial charge in [0.2, 0.25) is 0 Å². The van der Waals surface area contributed by atoms with Gasteiger partial charge in [0.15, 0.2) is 0 Å². The molecule has 0 aliphatic heterocycles. The van der Waals surface area contributed by atoms with Crippen LogP contribution in [0.5, 0.6) is 0 Å². The molecule has 0 unspecified atom stereocenters. The average molecular weight is 416 g/mol. The van der Waals surface area contributed by atoms with Crippen LogP contribution in [0.15, 0.2) is 52.7 Å². The molecule has 3 nitrogen and oxygen atoms in total. The average Bonchev–Trinajstić information content (AvgIpc) is 2.74. The van der Waals surface area contributed by atoms with Crippen molar-refractivity contribution in [1.82, 2.24) is 0 Å². The van der Waals surface area contributed by atoms with Crippen LogP contribution >= 0.6 is 0 Å². The van der Waals surface area contributed by atoms with E-state index in [-0.39, 0.29) is 0 Å². The van der Waals surface area contributed by atoms with Gasteiger partial charge in [0.1, 0.15) is 6.07 Å². The van der Waals surface area contributed by atoms with Crippen molar-refractivity contribution in [3.05, 3.63) is 69.9 Å². The highest BCUT2D eigenvalue weighted by Gasteiger charge is 2.16. The molecule has 3 heteroatoms. The maximum atomic E-state index is 10.0. The molecule has 0 radical (unpaired) electrons. The Morgan fingerprint density at radius 2 is 1.39 bits per heavy atom. The van der Waals surface area contributed by atoms with Crippen molar-refractivity contribution >= 4 is 17.1 Å². The number of hydrogen-bond acceptors (Lipinski definition) is 3. The molecule has 2 aromatic carbocycles. The normalized spacial score (nSPS) is 12.7. The van der Waals surface area contributed by atoms with Crippen molar-refractivity contribution in [3.63, 3.8) is 0 Å². The van der Waals surface area contributed by atoms with E-state index in [9.17, 15) is 5.26 Å². The molecular formula is C28H37N3. The van der Waals surface area contributed by atoms with Crippen LogP contribution in [0.4, 0.5) is 11.4 Å². The van der Waals surface area contributed by atoms with E-state index in [1.54, 1.807) is 0 Å². The third-order valence-electron chi connectivity index (χ3n) is 5.78. The summed E-state index contributed by atoms with van der Waals surface area (Å²) in [4.78, 5) is 4.95. The van der Waals surface area contributed by atoms with Gasteiger partial charge in [0.25, 0.3) is 0 Å². The molecule has 0 atom stereocenters. The predicted octanol–water partition coefficient (Wildman–Crippen LogP) is 8.06. The highest BCUT2D eigenvalue weighted by Crippen LogP contribution is 2.34. The van der Waals surface area contributed by atoms with Crippen LogP contribution in [-0.4, -0.2) is 5.71 Å². The molecule has 31 heavy (non-hydrogen) atoms. The van der Waals surface area contributed by atoms with Gasteiger partial charge in [-0.2, -0.15) is 5.26 Å². The summed E-state index contributed by atoms with van der Waals surface area (Å²) in [6, 6.07) is 15.2. The molecule has 0 aliphatic carbocycles. The number of aliphatic imine (C=N–C) groups is 1. The number of nitrogens with one attached hydrogen (secondary N) is 1. The summed E-state index contributed by atoms with van der Waals surface area (Å²) in [6.07, 6.45) is 1.84. The van der Waals surface area contributed by atoms with Gasteiger partial charge in [-0.1, -0.05) is 77.9 Å². The first-order valence-electron chi connectivity index (χ1n) is 11.4. The van der Waals surface area contributed by atoms with E-state index in [2.05, 4.69) is 89.3 Å². The molecule has 0 fully saturated rings. The fraction of sp³-hybridized carbons (Fsp3) is 0.429. The smallest absolute Gasteiger partial charge is 0.103 e. The van der Waals surface area contributed by atoms with E-state index >= 15 is 0 Å². The van der Waals surface area contributed by atoms with Crippen LogP contribution in [0.2, 0.25) is 0 Å². The lowest BCUT2D eigenvalue weighted by Crippen LogP contribution is -2.10. The second-order valence-electron chi connectivity index (χ2n) is 8.69. The Morgan fingerprint density at radius 3 is 1.81 bits per heavy atom. The second-order valence-corrected chi connectivity index (χ2v) is 8.69. The van der Waals surface area contributed by atoms with E-state index in [0.29, 0.717) is 17.4 Å². The summed E-state index contributed by atoms with van der Waals surface area (Å²) in [5.41, 5.74) is 9.28. The van der Waals surface area contributed by atoms with Crippen molar-refractivity contribution in [1.29, 1.82) is 5.26 Å². The molecule has 0 saturated heterocycles. The van der Waals surface area contributed by atoms with E-state index in [1.807, 2.05) is 13.8 Å². The Kier molecular flexibility index (Phi) is 8.63. The van der Waals surface area contributed by atoms with Crippen LogP contribution in [0.25, 0.3) is 0 Å². The molecular weight excluding hydrogens is 378 g/mol. The molecule has 0 saturated carbocycles.